The molecule has 1 N–H and O–H groups in total. The van der Waals surface area contributed by atoms with Gasteiger partial charge < -0.3 is 15.1 Å². The van der Waals surface area contributed by atoms with Crippen molar-refractivity contribution in [2.24, 2.45) is 0 Å². The van der Waals surface area contributed by atoms with E-state index < -0.39 is 0 Å². The van der Waals surface area contributed by atoms with Gasteiger partial charge in [0.25, 0.3) is 0 Å². The molecule has 1 aliphatic heterocycles. The summed E-state index contributed by atoms with van der Waals surface area (Å²) in [6.45, 7) is 10.7. The van der Waals surface area contributed by atoms with Crippen LogP contribution in [0.15, 0.2) is 18.3 Å². The van der Waals surface area contributed by atoms with Crippen LogP contribution in [0.3, 0.4) is 0 Å². The fourth-order valence-electron chi connectivity index (χ4n) is 3.72. The SMILES string of the molecule is CCN1CCN(CCCN[C@H]2CCCc3cccnc32)CC1. The maximum atomic E-state index is 4.61. The van der Waals surface area contributed by atoms with E-state index >= 15 is 0 Å². The normalized spacial score (nSPS) is 23.4. The van der Waals surface area contributed by atoms with Crippen LogP contribution in [0.5, 0.6) is 0 Å². The summed E-state index contributed by atoms with van der Waals surface area (Å²) in [5, 5.41) is 3.74. The molecule has 1 saturated heterocycles. The van der Waals surface area contributed by atoms with Crippen molar-refractivity contribution in [1.29, 1.82) is 0 Å². The molecule has 122 valence electrons. The van der Waals surface area contributed by atoms with E-state index in [0.717, 1.165) is 6.54 Å². The van der Waals surface area contributed by atoms with Crippen LogP contribution >= 0.6 is 0 Å². The molecular formula is C18H30N4. The molecule has 0 spiro atoms. The standard InChI is InChI=1S/C18H30N4/c1-2-21-12-14-22(15-13-21)11-5-10-19-17-8-3-6-16-7-4-9-20-18(16)17/h4,7,9,17,19H,2-3,5-6,8,10-15H2,1H3/t17-/m0/s1. The number of likely N-dealkylation sites (N-methyl/N-ethyl adjacent to an activating group) is 1. The molecule has 0 bridgehead atoms. The van der Waals surface area contributed by atoms with Gasteiger partial charge in [-0.3, -0.25) is 4.98 Å². The molecule has 0 radical (unpaired) electrons. The quantitative estimate of drug-likeness (QED) is 0.815. The number of nitrogens with one attached hydrogen (secondary N) is 1. The van der Waals surface area contributed by atoms with Gasteiger partial charge in [-0.2, -0.15) is 0 Å². The lowest BCUT2D eigenvalue weighted by molar-refractivity contribution is 0.136. The van der Waals surface area contributed by atoms with Gasteiger partial charge >= 0.3 is 0 Å². The van der Waals surface area contributed by atoms with Gasteiger partial charge in [0.15, 0.2) is 0 Å². The van der Waals surface area contributed by atoms with Crippen molar-refractivity contribution < 1.29 is 0 Å². The Bertz CT molecular complexity index is 454. The number of pyridine rings is 1. The molecule has 1 aliphatic carbocycles. The number of hydrogen-bond acceptors (Lipinski definition) is 4. The molecule has 22 heavy (non-hydrogen) atoms. The zero-order valence-electron chi connectivity index (χ0n) is 13.9. The van der Waals surface area contributed by atoms with Crippen molar-refractivity contribution in [3.05, 3.63) is 29.6 Å². The van der Waals surface area contributed by atoms with E-state index in [1.54, 1.807) is 0 Å². The van der Waals surface area contributed by atoms with Crippen molar-refractivity contribution in [3.63, 3.8) is 0 Å². The molecular weight excluding hydrogens is 272 g/mol. The minimum absolute atomic E-state index is 0.474. The smallest absolute Gasteiger partial charge is 0.0605 e. The molecule has 0 saturated carbocycles. The summed E-state index contributed by atoms with van der Waals surface area (Å²) in [5.74, 6) is 0. The monoisotopic (exact) mass is 302 g/mol. The first kappa shape index (κ1) is 15.9. The van der Waals surface area contributed by atoms with Gasteiger partial charge in [-0.05, 0) is 56.9 Å². The molecule has 1 atom stereocenters. The molecule has 0 amide bonds. The number of aryl methyl sites for hydroxylation is 1. The number of hydrogen-bond donors (Lipinski definition) is 1. The molecule has 3 rings (SSSR count). The first-order valence-corrected chi connectivity index (χ1v) is 8.98. The Kier molecular flexibility index (Phi) is 5.82. The lowest BCUT2D eigenvalue weighted by atomic mass is 9.92. The molecule has 2 aliphatic rings. The van der Waals surface area contributed by atoms with Crippen LogP contribution in [-0.2, 0) is 6.42 Å². The Labute approximate surface area is 134 Å². The highest BCUT2D eigenvalue weighted by Gasteiger charge is 2.20. The molecule has 4 heteroatoms. The summed E-state index contributed by atoms with van der Waals surface area (Å²) in [6.07, 6.45) is 6.90. The maximum Gasteiger partial charge on any atom is 0.0605 e. The summed E-state index contributed by atoms with van der Waals surface area (Å²) in [5.41, 5.74) is 2.74. The fraction of sp³-hybridized carbons (Fsp3) is 0.722. The number of rotatable bonds is 6. The van der Waals surface area contributed by atoms with Crippen molar-refractivity contribution in [1.82, 2.24) is 20.1 Å². The predicted octanol–water partition coefficient (Wildman–Crippen LogP) is 2.08. The minimum Gasteiger partial charge on any atom is -0.309 e. The van der Waals surface area contributed by atoms with Gasteiger partial charge in [0.1, 0.15) is 0 Å². The average molecular weight is 302 g/mol. The van der Waals surface area contributed by atoms with Crippen molar-refractivity contribution in [3.8, 4) is 0 Å². The van der Waals surface area contributed by atoms with Crippen LogP contribution < -0.4 is 5.32 Å². The zero-order valence-corrected chi connectivity index (χ0v) is 13.9. The second-order valence-corrected chi connectivity index (χ2v) is 6.58. The van der Waals surface area contributed by atoms with Gasteiger partial charge in [0, 0.05) is 38.4 Å². The largest absolute Gasteiger partial charge is 0.309 e. The second-order valence-electron chi connectivity index (χ2n) is 6.58. The third kappa shape index (κ3) is 4.06. The zero-order chi connectivity index (χ0) is 15.2. The lowest BCUT2D eigenvalue weighted by Gasteiger charge is -2.34. The van der Waals surface area contributed by atoms with Gasteiger partial charge in [-0.25, -0.2) is 0 Å². The van der Waals surface area contributed by atoms with E-state index in [4.69, 9.17) is 0 Å². The Balaban J connectivity index is 1.38. The van der Waals surface area contributed by atoms with Gasteiger partial charge in [-0.1, -0.05) is 13.0 Å². The lowest BCUT2D eigenvalue weighted by Crippen LogP contribution is -2.46. The summed E-state index contributed by atoms with van der Waals surface area (Å²) >= 11 is 0. The number of aromatic nitrogens is 1. The summed E-state index contributed by atoms with van der Waals surface area (Å²) in [6, 6.07) is 4.78. The molecule has 4 nitrogen and oxygen atoms in total. The van der Waals surface area contributed by atoms with E-state index in [1.165, 1.54) is 76.2 Å². The van der Waals surface area contributed by atoms with Gasteiger partial charge in [-0.15, -0.1) is 0 Å². The van der Waals surface area contributed by atoms with Crippen molar-refractivity contribution >= 4 is 0 Å². The molecule has 1 aromatic rings. The summed E-state index contributed by atoms with van der Waals surface area (Å²) < 4.78 is 0. The topological polar surface area (TPSA) is 31.4 Å². The number of fused-ring (bicyclic) bond motifs is 1. The van der Waals surface area contributed by atoms with E-state index in [1.807, 2.05) is 6.20 Å². The van der Waals surface area contributed by atoms with Crippen LogP contribution in [0.4, 0.5) is 0 Å². The van der Waals surface area contributed by atoms with Crippen LogP contribution in [0.1, 0.15) is 43.5 Å². The molecule has 0 aromatic carbocycles. The van der Waals surface area contributed by atoms with Crippen molar-refractivity contribution in [2.45, 2.75) is 38.6 Å². The highest BCUT2D eigenvalue weighted by atomic mass is 15.3. The third-order valence-corrected chi connectivity index (χ3v) is 5.15. The summed E-state index contributed by atoms with van der Waals surface area (Å²) in [4.78, 5) is 9.76. The van der Waals surface area contributed by atoms with Crippen LogP contribution in [-0.4, -0.2) is 60.6 Å². The van der Waals surface area contributed by atoms with E-state index in [2.05, 4.69) is 39.2 Å². The number of nitrogens with zero attached hydrogens (tertiary/aromatic N) is 3. The molecule has 1 fully saturated rings. The van der Waals surface area contributed by atoms with E-state index in [-0.39, 0.29) is 0 Å². The highest BCUT2D eigenvalue weighted by Crippen LogP contribution is 2.27. The van der Waals surface area contributed by atoms with Crippen molar-refractivity contribution in [2.75, 3.05) is 45.8 Å². The number of piperazine rings is 1. The Morgan fingerprint density at radius 1 is 1.23 bits per heavy atom. The maximum absolute atomic E-state index is 4.61. The Hall–Kier alpha value is -0.970. The predicted molar refractivity (Wildman–Crippen MR) is 91.1 cm³/mol. The first-order valence-electron chi connectivity index (χ1n) is 8.98. The fourth-order valence-corrected chi connectivity index (χ4v) is 3.72. The minimum atomic E-state index is 0.474. The van der Waals surface area contributed by atoms with E-state index in [9.17, 15) is 0 Å². The van der Waals surface area contributed by atoms with E-state index in [0.29, 0.717) is 6.04 Å². The van der Waals surface area contributed by atoms with Gasteiger partial charge in [0.05, 0.1) is 5.69 Å². The van der Waals surface area contributed by atoms with Crippen LogP contribution in [0.2, 0.25) is 0 Å². The molecule has 2 heterocycles. The van der Waals surface area contributed by atoms with Gasteiger partial charge in [0.2, 0.25) is 0 Å². The molecule has 1 aromatic heterocycles. The Morgan fingerprint density at radius 2 is 2.05 bits per heavy atom. The third-order valence-electron chi connectivity index (χ3n) is 5.15. The average Bonchev–Trinajstić information content (AvgIpc) is 2.59. The second kappa shape index (κ2) is 8.04. The first-order chi connectivity index (χ1) is 10.9. The molecule has 0 unspecified atom stereocenters. The van der Waals surface area contributed by atoms with Crippen LogP contribution in [0.25, 0.3) is 0 Å². The highest BCUT2D eigenvalue weighted by molar-refractivity contribution is 5.25. The Morgan fingerprint density at radius 3 is 2.86 bits per heavy atom. The van der Waals surface area contributed by atoms with Crippen LogP contribution in [0, 0.1) is 0 Å². The summed E-state index contributed by atoms with van der Waals surface area (Å²) in [7, 11) is 0.